The van der Waals surface area contributed by atoms with Crippen molar-refractivity contribution in [3.63, 3.8) is 0 Å². The number of ketones is 2. The number of nitrogens with one attached hydrogen (secondary N) is 1. The molecule has 0 aliphatic heterocycles. The number of nitrogens with two attached hydrogens (primary N) is 1. The lowest BCUT2D eigenvalue weighted by atomic mass is 10.1. The van der Waals surface area contributed by atoms with Gasteiger partial charge in [-0.15, -0.1) is 4.52 Å². The molecule has 0 aromatic rings. The van der Waals surface area contributed by atoms with Gasteiger partial charge in [0.05, 0.1) is 6.54 Å². The summed E-state index contributed by atoms with van der Waals surface area (Å²) in [5.41, 5.74) is 5.61. The lowest BCUT2D eigenvalue weighted by Crippen LogP contribution is -2.27. The Morgan fingerprint density at radius 3 is 2.17 bits per heavy atom. The zero-order chi connectivity index (χ0) is 27.0. The molecule has 208 valence electrons. The summed E-state index contributed by atoms with van der Waals surface area (Å²) in [6.45, 7) is 2.09. The summed E-state index contributed by atoms with van der Waals surface area (Å²) in [6, 6.07) is 0. The minimum atomic E-state index is -2.77. The molecule has 0 saturated carbocycles. The van der Waals surface area contributed by atoms with E-state index in [-0.39, 0.29) is 43.2 Å². The van der Waals surface area contributed by atoms with Crippen molar-refractivity contribution in [1.82, 2.24) is 5.32 Å². The van der Waals surface area contributed by atoms with Gasteiger partial charge in [-0.2, -0.15) is 0 Å². The highest BCUT2D eigenvalue weighted by atomic mass is 33.1. The van der Waals surface area contributed by atoms with Crippen LogP contribution < -0.4 is 15.9 Å². The second-order valence-corrected chi connectivity index (χ2v) is 11.6. The van der Waals surface area contributed by atoms with Crippen molar-refractivity contribution in [2.24, 2.45) is 5.73 Å². The summed E-state index contributed by atoms with van der Waals surface area (Å²) in [5, 5.41) is 2.20. The van der Waals surface area contributed by atoms with Gasteiger partial charge in [-0.3, -0.25) is 19.2 Å². The Kier molecular flexibility index (Phi) is 23.6. The second-order valence-electron chi connectivity index (χ2n) is 8.30. The molecule has 2 atom stereocenters. The zero-order valence-electron chi connectivity index (χ0n) is 21.2. The maximum Gasteiger partial charge on any atom is 0.488 e. The molecule has 0 aliphatic rings. The fourth-order valence-corrected chi connectivity index (χ4v) is 5.34. The normalized spacial score (nSPS) is 12.1. The highest BCUT2D eigenvalue weighted by Crippen LogP contribution is 2.25. The SMILES string of the molecule is CC(=O)[C@@H](N)SSCCC(=O)CCCCCCC(=O)NCCOC(=O)CCCCCCCO[P+](=O)[O-]. The van der Waals surface area contributed by atoms with Gasteiger partial charge in [-0.1, -0.05) is 53.7 Å². The van der Waals surface area contributed by atoms with Gasteiger partial charge in [0.15, 0.2) is 5.78 Å². The van der Waals surface area contributed by atoms with Crippen LogP contribution in [0.5, 0.6) is 0 Å². The Morgan fingerprint density at radius 2 is 1.50 bits per heavy atom. The topological polar surface area (TPSA) is 165 Å². The molecule has 10 nitrogen and oxygen atoms in total. The number of hydrogen-bond acceptors (Lipinski definition) is 11. The third kappa shape index (κ3) is 24.6. The molecule has 0 aromatic heterocycles. The minimum Gasteiger partial charge on any atom is -0.566 e. The quantitative estimate of drug-likeness (QED) is 0.0543. The Morgan fingerprint density at radius 1 is 0.889 bits per heavy atom. The lowest BCUT2D eigenvalue weighted by Gasteiger charge is -2.07. The number of unbranched alkanes of at least 4 members (excludes halogenated alkanes) is 7. The third-order valence-corrected chi connectivity index (χ3v) is 8.03. The highest BCUT2D eigenvalue weighted by molar-refractivity contribution is 8.77. The predicted octanol–water partition coefficient (Wildman–Crippen LogP) is 3.58. The fraction of sp³-hybridized carbons (Fsp3) is 0.826. The lowest BCUT2D eigenvalue weighted by molar-refractivity contribution is -0.185. The molecule has 0 spiro atoms. The predicted molar refractivity (Wildman–Crippen MR) is 141 cm³/mol. The second kappa shape index (κ2) is 24.3. The number of carbonyl (C=O) groups is 4. The molecule has 3 N–H and O–H groups in total. The maximum atomic E-state index is 11.9. The standard InChI is InChI=1S/C23H41N2O8PS2/c1-19(26)23(24)36-35-18-14-20(27)11-7-4-5-8-12-21(28)25-15-17-32-22(29)13-9-3-2-6-10-16-33-34(30)31/h23H,2-18,24H2,1H3,(H,25,28)/t23-/m0/s1. The van der Waals surface area contributed by atoms with E-state index in [1.54, 1.807) is 0 Å². The van der Waals surface area contributed by atoms with Gasteiger partial charge in [0.1, 0.15) is 24.4 Å². The minimum absolute atomic E-state index is 0.0744. The van der Waals surface area contributed by atoms with E-state index in [0.29, 0.717) is 44.3 Å². The fourth-order valence-electron chi connectivity index (χ4n) is 2.99. The number of esters is 1. The molecule has 13 heteroatoms. The molecule has 0 saturated heterocycles. The van der Waals surface area contributed by atoms with Crippen LogP contribution in [0.2, 0.25) is 0 Å². The van der Waals surface area contributed by atoms with E-state index in [1.165, 1.54) is 28.5 Å². The molecule has 0 bridgehead atoms. The summed E-state index contributed by atoms with van der Waals surface area (Å²) in [4.78, 5) is 56.6. The number of hydrogen-bond donors (Lipinski definition) is 2. The average molecular weight is 569 g/mol. The molecular formula is C23H41N2O8PS2. The molecule has 0 heterocycles. The van der Waals surface area contributed by atoms with Crippen molar-refractivity contribution in [3.8, 4) is 0 Å². The van der Waals surface area contributed by atoms with Crippen LogP contribution in [-0.2, 0) is 33.0 Å². The van der Waals surface area contributed by atoms with Gasteiger partial charge in [-0.05, 0) is 37.2 Å². The highest BCUT2D eigenvalue weighted by Gasteiger charge is 2.10. The van der Waals surface area contributed by atoms with E-state index in [9.17, 15) is 28.6 Å². The van der Waals surface area contributed by atoms with Crippen LogP contribution in [0.25, 0.3) is 0 Å². The van der Waals surface area contributed by atoms with E-state index in [0.717, 1.165) is 44.9 Å². The van der Waals surface area contributed by atoms with E-state index in [2.05, 4.69) is 9.84 Å². The number of ether oxygens (including phenoxy) is 1. The molecule has 0 fully saturated rings. The van der Waals surface area contributed by atoms with Crippen molar-refractivity contribution < 1.29 is 37.9 Å². The van der Waals surface area contributed by atoms with E-state index in [4.69, 9.17) is 10.5 Å². The Bertz CT molecular complexity index is 670. The van der Waals surface area contributed by atoms with Crippen LogP contribution in [0.4, 0.5) is 0 Å². The summed E-state index contributed by atoms with van der Waals surface area (Å²) < 4.78 is 19.8. The number of rotatable bonds is 25. The first kappa shape index (κ1) is 35.0. The molecule has 0 rings (SSSR count). The van der Waals surface area contributed by atoms with E-state index >= 15 is 0 Å². The summed E-state index contributed by atoms with van der Waals surface area (Å²) in [5.74, 6) is 0.407. The third-order valence-electron chi connectivity index (χ3n) is 5.06. The molecule has 1 amide bonds. The van der Waals surface area contributed by atoms with E-state index < -0.39 is 13.6 Å². The largest absolute Gasteiger partial charge is 0.566 e. The first-order chi connectivity index (χ1) is 17.2. The molecule has 0 aliphatic carbocycles. The van der Waals surface area contributed by atoms with Crippen LogP contribution in [0, 0.1) is 0 Å². The number of amides is 1. The molecule has 0 aromatic carbocycles. The monoisotopic (exact) mass is 568 g/mol. The van der Waals surface area contributed by atoms with Gasteiger partial charge < -0.3 is 20.7 Å². The van der Waals surface area contributed by atoms with Crippen LogP contribution in [0.15, 0.2) is 0 Å². The molecular weight excluding hydrogens is 527 g/mol. The first-order valence-electron chi connectivity index (χ1n) is 12.5. The summed E-state index contributed by atoms with van der Waals surface area (Å²) in [7, 11) is -0.0306. The first-order valence-corrected chi connectivity index (χ1v) is 16.0. The van der Waals surface area contributed by atoms with Gasteiger partial charge in [0, 0.05) is 31.4 Å². The van der Waals surface area contributed by atoms with Crippen LogP contribution in [-0.4, -0.2) is 54.3 Å². The Balaban J connectivity index is 3.46. The number of Topliss-reactive ketones (excluding diaryl/α,β-unsaturated/α-hetero) is 2. The van der Waals surface area contributed by atoms with E-state index in [1.807, 2.05) is 0 Å². The van der Waals surface area contributed by atoms with Gasteiger partial charge in [0.2, 0.25) is 5.91 Å². The average Bonchev–Trinajstić information content (AvgIpc) is 2.82. The smallest absolute Gasteiger partial charge is 0.488 e. The summed E-state index contributed by atoms with van der Waals surface area (Å²) >= 11 is 0. The molecule has 1 unspecified atom stereocenters. The van der Waals surface area contributed by atoms with Crippen molar-refractivity contribution in [2.45, 2.75) is 95.8 Å². The maximum absolute atomic E-state index is 11.9. The Hall–Kier alpha value is -1.04. The zero-order valence-corrected chi connectivity index (χ0v) is 23.7. The van der Waals surface area contributed by atoms with Crippen molar-refractivity contribution >= 4 is 53.3 Å². The van der Waals surface area contributed by atoms with Crippen LogP contribution in [0.1, 0.15) is 90.4 Å². The Labute approximate surface area is 223 Å². The van der Waals surface area contributed by atoms with Crippen molar-refractivity contribution in [2.75, 3.05) is 25.5 Å². The van der Waals surface area contributed by atoms with Gasteiger partial charge in [-0.25, -0.2) is 0 Å². The molecule has 36 heavy (non-hydrogen) atoms. The van der Waals surface area contributed by atoms with Crippen molar-refractivity contribution in [1.29, 1.82) is 0 Å². The van der Waals surface area contributed by atoms with Crippen LogP contribution in [0.3, 0.4) is 0 Å². The van der Waals surface area contributed by atoms with Gasteiger partial charge in [0.25, 0.3) is 0 Å². The number of carbonyl (C=O) groups excluding carboxylic acids is 4. The summed E-state index contributed by atoms with van der Waals surface area (Å²) in [6.07, 6.45) is 9.04. The van der Waals surface area contributed by atoms with Crippen LogP contribution >= 0.6 is 29.8 Å². The van der Waals surface area contributed by atoms with Gasteiger partial charge >= 0.3 is 14.2 Å². The molecule has 0 radical (unpaired) electrons. The van der Waals surface area contributed by atoms with Crippen molar-refractivity contribution in [3.05, 3.63) is 0 Å².